The molecule has 0 spiro atoms. The standard InChI is InChI=1S/C13H19BrN2O4S/c1-3-7-16(9-13(17)20-4-2)21(18,19)12-6-5-10(14)8-11(12)15/h5-6,8H,3-4,7,9,15H2,1-2H3. The summed E-state index contributed by atoms with van der Waals surface area (Å²) < 4.78 is 31.8. The maximum Gasteiger partial charge on any atom is 0.321 e. The van der Waals surface area contributed by atoms with Crippen LogP contribution in [-0.2, 0) is 19.6 Å². The topological polar surface area (TPSA) is 89.7 Å². The maximum absolute atomic E-state index is 12.6. The number of esters is 1. The molecule has 0 aliphatic rings. The molecule has 0 amide bonds. The lowest BCUT2D eigenvalue weighted by Crippen LogP contribution is -2.37. The van der Waals surface area contributed by atoms with Crippen molar-refractivity contribution in [1.82, 2.24) is 4.31 Å². The van der Waals surface area contributed by atoms with Crippen LogP contribution in [-0.4, -0.2) is 38.4 Å². The zero-order valence-electron chi connectivity index (χ0n) is 12.0. The minimum absolute atomic E-state index is 0.0107. The Kier molecular flexibility index (Phi) is 6.63. The largest absolute Gasteiger partial charge is 0.465 e. The molecule has 0 saturated heterocycles. The van der Waals surface area contributed by atoms with Gasteiger partial charge < -0.3 is 10.5 Å². The molecule has 1 rings (SSSR count). The number of carbonyl (C=O) groups excluding carboxylic acids is 1. The molecule has 0 saturated carbocycles. The quantitative estimate of drug-likeness (QED) is 0.578. The summed E-state index contributed by atoms with van der Waals surface area (Å²) in [5.41, 5.74) is 5.91. The Bertz CT molecular complexity index is 604. The molecule has 2 N–H and O–H groups in total. The number of carbonyl (C=O) groups is 1. The van der Waals surface area contributed by atoms with Gasteiger partial charge in [0.2, 0.25) is 10.0 Å². The van der Waals surface area contributed by atoms with Crippen LogP contribution in [0, 0.1) is 0 Å². The van der Waals surface area contributed by atoms with E-state index in [1.165, 1.54) is 12.1 Å². The lowest BCUT2D eigenvalue weighted by molar-refractivity contribution is -0.143. The van der Waals surface area contributed by atoms with Crippen LogP contribution in [0.1, 0.15) is 20.3 Å². The Labute approximate surface area is 133 Å². The highest BCUT2D eigenvalue weighted by atomic mass is 79.9. The van der Waals surface area contributed by atoms with Gasteiger partial charge in [0.15, 0.2) is 0 Å². The van der Waals surface area contributed by atoms with Gasteiger partial charge in [-0.25, -0.2) is 8.42 Å². The van der Waals surface area contributed by atoms with Crippen LogP contribution in [0.5, 0.6) is 0 Å². The number of anilines is 1. The number of halogens is 1. The van der Waals surface area contributed by atoms with Crippen LogP contribution in [0.3, 0.4) is 0 Å². The Hall–Kier alpha value is -1.12. The lowest BCUT2D eigenvalue weighted by Gasteiger charge is -2.21. The molecule has 1 aromatic rings. The molecular weight excluding hydrogens is 360 g/mol. The summed E-state index contributed by atoms with van der Waals surface area (Å²) >= 11 is 3.23. The summed E-state index contributed by atoms with van der Waals surface area (Å²) in [4.78, 5) is 11.6. The van der Waals surface area contributed by atoms with Crippen LogP contribution in [0.4, 0.5) is 5.69 Å². The summed E-state index contributed by atoms with van der Waals surface area (Å²) in [5.74, 6) is -0.579. The fourth-order valence-electron chi connectivity index (χ4n) is 1.78. The number of nitrogens with two attached hydrogens (primary N) is 1. The molecule has 0 aliphatic carbocycles. The summed E-state index contributed by atoms with van der Waals surface area (Å²) in [6.07, 6.45) is 0.578. The maximum atomic E-state index is 12.6. The van der Waals surface area contributed by atoms with Gasteiger partial charge in [0, 0.05) is 11.0 Å². The molecule has 118 valence electrons. The van der Waals surface area contributed by atoms with E-state index >= 15 is 0 Å². The number of ether oxygens (including phenoxy) is 1. The number of benzene rings is 1. The molecule has 0 aliphatic heterocycles. The van der Waals surface area contributed by atoms with Crippen molar-refractivity contribution in [3.05, 3.63) is 22.7 Å². The van der Waals surface area contributed by atoms with Crippen molar-refractivity contribution in [2.45, 2.75) is 25.2 Å². The second-order valence-electron chi connectivity index (χ2n) is 4.33. The molecule has 0 radical (unpaired) electrons. The van der Waals surface area contributed by atoms with Crippen molar-refractivity contribution >= 4 is 37.6 Å². The molecule has 0 aromatic heterocycles. The molecule has 0 bridgehead atoms. The highest BCUT2D eigenvalue weighted by Crippen LogP contribution is 2.25. The first-order chi connectivity index (χ1) is 9.82. The molecule has 0 heterocycles. The lowest BCUT2D eigenvalue weighted by atomic mass is 10.3. The first-order valence-electron chi connectivity index (χ1n) is 6.53. The Morgan fingerprint density at radius 2 is 2.05 bits per heavy atom. The van der Waals surface area contributed by atoms with Gasteiger partial charge in [-0.2, -0.15) is 4.31 Å². The average molecular weight is 379 g/mol. The third-order valence-electron chi connectivity index (χ3n) is 2.67. The van der Waals surface area contributed by atoms with Gasteiger partial charge in [-0.1, -0.05) is 22.9 Å². The fraction of sp³-hybridized carbons (Fsp3) is 0.462. The number of nitrogens with zero attached hydrogens (tertiary/aromatic N) is 1. The first kappa shape index (κ1) is 17.9. The third-order valence-corrected chi connectivity index (χ3v) is 5.09. The fourth-order valence-corrected chi connectivity index (χ4v) is 3.73. The van der Waals surface area contributed by atoms with E-state index in [1.54, 1.807) is 13.0 Å². The van der Waals surface area contributed by atoms with E-state index < -0.39 is 16.0 Å². The summed E-state index contributed by atoms with van der Waals surface area (Å²) in [7, 11) is -3.84. The summed E-state index contributed by atoms with van der Waals surface area (Å²) in [5, 5.41) is 0. The monoisotopic (exact) mass is 378 g/mol. The van der Waals surface area contributed by atoms with Gasteiger partial charge in [-0.15, -0.1) is 0 Å². The summed E-state index contributed by atoms with van der Waals surface area (Å²) in [6, 6.07) is 4.53. The van der Waals surface area contributed by atoms with Gasteiger partial charge in [-0.3, -0.25) is 4.79 Å². The van der Waals surface area contributed by atoms with Crippen LogP contribution in [0.25, 0.3) is 0 Å². The molecule has 21 heavy (non-hydrogen) atoms. The van der Waals surface area contributed by atoms with E-state index in [0.717, 1.165) is 4.31 Å². The molecule has 0 unspecified atom stereocenters. The van der Waals surface area contributed by atoms with Crippen LogP contribution in [0.15, 0.2) is 27.6 Å². The predicted molar refractivity (Wildman–Crippen MR) is 84.2 cm³/mol. The van der Waals surface area contributed by atoms with Crippen LogP contribution < -0.4 is 5.73 Å². The van der Waals surface area contributed by atoms with Gasteiger partial charge in [0.25, 0.3) is 0 Å². The van der Waals surface area contributed by atoms with Crippen molar-refractivity contribution in [1.29, 1.82) is 0 Å². The number of nitrogen functional groups attached to an aromatic ring is 1. The second kappa shape index (κ2) is 7.77. The molecule has 0 atom stereocenters. The van der Waals surface area contributed by atoms with E-state index in [4.69, 9.17) is 10.5 Å². The third kappa shape index (κ3) is 4.69. The van der Waals surface area contributed by atoms with Gasteiger partial charge in [-0.05, 0) is 31.5 Å². The highest BCUT2D eigenvalue weighted by molar-refractivity contribution is 9.10. The van der Waals surface area contributed by atoms with Crippen LogP contribution >= 0.6 is 15.9 Å². The minimum atomic E-state index is -3.84. The summed E-state index contributed by atoms with van der Waals surface area (Å²) in [6.45, 7) is 3.61. The SMILES string of the molecule is CCCN(CC(=O)OCC)S(=O)(=O)c1ccc(Br)cc1N. The van der Waals surface area contributed by atoms with Gasteiger partial charge in [0.1, 0.15) is 11.4 Å². The molecule has 6 nitrogen and oxygen atoms in total. The highest BCUT2D eigenvalue weighted by Gasteiger charge is 2.28. The first-order valence-corrected chi connectivity index (χ1v) is 8.77. The molecule has 1 aromatic carbocycles. The van der Waals surface area contributed by atoms with Gasteiger partial charge in [0.05, 0.1) is 12.3 Å². The van der Waals surface area contributed by atoms with Crippen molar-refractivity contribution in [2.75, 3.05) is 25.4 Å². The number of hydrogen-bond acceptors (Lipinski definition) is 5. The molecular formula is C13H19BrN2O4S. The van der Waals surface area contributed by atoms with Crippen molar-refractivity contribution < 1.29 is 17.9 Å². The number of hydrogen-bond donors (Lipinski definition) is 1. The Balaban J connectivity index is 3.12. The van der Waals surface area contributed by atoms with E-state index in [-0.39, 0.29) is 30.3 Å². The van der Waals surface area contributed by atoms with Crippen molar-refractivity contribution in [3.63, 3.8) is 0 Å². The molecule has 8 heteroatoms. The van der Waals surface area contributed by atoms with Crippen molar-refractivity contribution in [3.8, 4) is 0 Å². The Morgan fingerprint density at radius 1 is 1.38 bits per heavy atom. The van der Waals surface area contributed by atoms with E-state index in [2.05, 4.69) is 15.9 Å². The second-order valence-corrected chi connectivity index (χ2v) is 7.15. The normalized spacial score (nSPS) is 11.6. The van der Waals surface area contributed by atoms with E-state index in [0.29, 0.717) is 10.9 Å². The number of sulfonamides is 1. The van der Waals surface area contributed by atoms with Gasteiger partial charge >= 0.3 is 5.97 Å². The smallest absolute Gasteiger partial charge is 0.321 e. The van der Waals surface area contributed by atoms with E-state index in [1.807, 2.05) is 6.92 Å². The predicted octanol–water partition coefficient (Wildman–Crippen LogP) is 2.00. The minimum Gasteiger partial charge on any atom is -0.465 e. The molecule has 0 fully saturated rings. The van der Waals surface area contributed by atoms with Crippen LogP contribution in [0.2, 0.25) is 0 Å². The van der Waals surface area contributed by atoms with Crippen molar-refractivity contribution in [2.24, 2.45) is 0 Å². The zero-order chi connectivity index (χ0) is 16.0. The average Bonchev–Trinajstić information content (AvgIpc) is 2.38. The zero-order valence-corrected chi connectivity index (χ0v) is 14.4. The Morgan fingerprint density at radius 3 is 2.57 bits per heavy atom. The number of rotatable bonds is 7. The van der Waals surface area contributed by atoms with E-state index in [9.17, 15) is 13.2 Å².